The third-order valence-electron chi connectivity index (χ3n) is 4.32. The zero-order valence-electron chi connectivity index (χ0n) is 14.2. The van der Waals surface area contributed by atoms with E-state index in [-0.39, 0.29) is 12.5 Å². The maximum atomic E-state index is 12.1. The monoisotopic (exact) mass is 321 g/mol. The van der Waals surface area contributed by atoms with Crippen LogP contribution in [0.1, 0.15) is 35.1 Å². The van der Waals surface area contributed by atoms with Crippen LogP contribution >= 0.6 is 0 Å². The topological polar surface area (TPSA) is 53.5 Å². The Morgan fingerprint density at radius 2 is 1.96 bits per heavy atom. The standard InChI is InChI=1S/C20H23N3O/c1-14-10-11-18(15(2)12-14)21-13-20(24)23-22-19-9-5-7-16-6-3-4-8-17(16)19/h3-4,6,8,10-12,21H,5,7,9,13H2,1-2H3,(H,23,24)/b22-19+. The number of fused-ring (bicyclic) bond motifs is 1. The molecule has 0 unspecified atom stereocenters. The molecule has 3 rings (SSSR count). The van der Waals surface area contributed by atoms with Gasteiger partial charge in [-0.15, -0.1) is 0 Å². The van der Waals surface area contributed by atoms with Crippen LogP contribution in [0, 0.1) is 13.8 Å². The van der Waals surface area contributed by atoms with Crippen LogP contribution in [-0.4, -0.2) is 18.2 Å². The van der Waals surface area contributed by atoms with Gasteiger partial charge < -0.3 is 5.32 Å². The summed E-state index contributed by atoms with van der Waals surface area (Å²) in [4.78, 5) is 12.1. The van der Waals surface area contributed by atoms with Crippen LogP contribution in [0.3, 0.4) is 0 Å². The highest BCUT2D eigenvalue weighted by Crippen LogP contribution is 2.21. The molecule has 0 aliphatic heterocycles. The lowest BCUT2D eigenvalue weighted by molar-refractivity contribution is -0.119. The molecule has 0 radical (unpaired) electrons. The van der Waals surface area contributed by atoms with E-state index in [9.17, 15) is 4.79 Å². The maximum Gasteiger partial charge on any atom is 0.259 e. The van der Waals surface area contributed by atoms with Gasteiger partial charge in [0.1, 0.15) is 0 Å². The lowest BCUT2D eigenvalue weighted by Crippen LogP contribution is -2.28. The average Bonchev–Trinajstić information content (AvgIpc) is 2.59. The van der Waals surface area contributed by atoms with E-state index in [1.807, 2.05) is 31.2 Å². The second kappa shape index (κ2) is 7.30. The van der Waals surface area contributed by atoms with E-state index in [2.05, 4.69) is 41.0 Å². The number of carbonyl (C=O) groups excluding carboxylic acids is 1. The second-order valence-electron chi connectivity index (χ2n) is 6.28. The molecule has 124 valence electrons. The normalized spacial score (nSPS) is 15.0. The van der Waals surface area contributed by atoms with Gasteiger partial charge in [0.2, 0.25) is 0 Å². The molecule has 2 aromatic rings. The van der Waals surface area contributed by atoms with Gasteiger partial charge in [-0.05, 0) is 50.3 Å². The summed E-state index contributed by atoms with van der Waals surface area (Å²) < 4.78 is 0. The summed E-state index contributed by atoms with van der Waals surface area (Å²) in [7, 11) is 0. The highest BCUT2D eigenvalue weighted by Gasteiger charge is 2.15. The Morgan fingerprint density at radius 1 is 1.12 bits per heavy atom. The molecule has 0 fully saturated rings. The molecule has 1 aliphatic rings. The smallest absolute Gasteiger partial charge is 0.259 e. The first kappa shape index (κ1) is 16.2. The largest absolute Gasteiger partial charge is 0.376 e. The Morgan fingerprint density at radius 3 is 2.79 bits per heavy atom. The number of hydrogen-bond acceptors (Lipinski definition) is 3. The number of hydrazone groups is 1. The molecule has 2 aromatic carbocycles. The first-order chi connectivity index (χ1) is 11.6. The SMILES string of the molecule is Cc1ccc(NCC(=O)N/N=C2\CCCc3ccccc32)c(C)c1. The number of rotatable bonds is 4. The van der Waals surface area contributed by atoms with E-state index >= 15 is 0 Å². The maximum absolute atomic E-state index is 12.1. The van der Waals surface area contributed by atoms with Crippen molar-refractivity contribution in [3.05, 3.63) is 64.7 Å². The van der Waals surface area contributed by atoms with Crippen molar-refractivity contribution < 1.29 is 4.79 Å². The van der Waals surface area contributed by atoms with E-state index in [4.69, 9.17) is 0 Å². The van der Waals surface area contributed by atoms with Crippen LogP contribution in [0.5, 0.6) is 0 Å². The molecule has 0 aromatic heterocycles. The molecule has 1 aliphatic carbocycles. The van der Waals surface area contributed by atoms with Crippen molar-refractivity contribution >= 4 is 17.3 Å². The third kappa shape index (κ3) is 3.82. The molecule has 4 nitrogen and oxygen atoms in total. The van der Waals surface area contributed by atoms with Crippen molar-refractivity contribution in [1.82, 2.24) is 5.43 Å². The predicted molar refractivity (Wildman–Crippen MR) is 98.5 cm³/mol. The van der Waals surface area contributed by atoms with Gasteiger partial charge in [-0.2, -0.15) is 5.10 Å². The fraction of sp³-hybridized carbons (Fsp3) is 0.300. The van der Waals surface area contributed by atoms with Crippen LogP contribution in [0.2, 0.25) is 0 Å². The molecule has 0 bridgehead atoms. The van der Waals surface area contributed by atoms with E-state index in [1.54, 1.807) is 0 Å². The van der Waals surface area contributed by atoms with Crippen molar-refractivity contribution in [2.24, 2.45) is 5.10 Å². The van der Waals surface area contributed by atoms with Gasteiger partial charge in [0.05, 0.1) is 12.3 Å². The van der Waals surface area contributed by atoms with Crippen molar-refractivity contribution in [1.29, 1.82) is 0 Å². The molecule has 24 heavy (non-hydrogen) atoms. The number of anilines is 1. The van der Waals surface area contributed by atoms with E-state index < -0.39 is 0 Å². The van der Waals surface area contributed by atoms with E-state index in [1.165, 1.54) is 11.1 Å². The number of hydrogen-bond donors (Lipinski definition) is 2. The molecular formula is C20H23N3O. The van der Waals surface area contributed by atoms with Gasteiger partial charge in [0.25, 0.3) is 5.91 Å². The fourth-order valence-electron chi connectivity index (χ4n) is 3.07. The molecule has 0 spiro atoms. The third-order valence-corrected chi connectivity index (χ3v) is 4.32. The van der Waals surface area contributed by atoms with Gasteiger partial charge in [-0.1, -0.05) is 42.0 Å². The second-order valence-corrected chi connectivity index (χ2v) is 6.28. The minimum Gasteiger partial charge on any atom is -0.376 e. The highest BCUT2D eigenvalue weighted by molar-refractivity contribution is 6.03. The summed E-state index contributed by atoms with van der Waals surface area (Å²) in [6.45, 7) is 4.30. The molecule has 2 N–H and O–H groups in total. The molecule has 0 heterocycles. The van der Waals surface area contributed by atoms with Gasteiger partial charge in [0.15, 0.2) is 0 Å². The minimum absolute atomic E-state index is 0.134. The van der Waals surface area contributed by atoms with Crippen LogP contribution in [-0.2, 0) is 11.2 Å². The number of carbonyl (C=O) groups is 1. The van der Waals surface area contributed by atoms with Gasteiger partial charge in [-0.25, -0.2) is 5.43 Å². The molecule has 0 saturated heterocycles. The Bertz CT molecular complexity index is 780. The summed E-state index contributed by atoms with van der Waals surface area (Å²) >= 11 is 0. The molecule has 0 atom stereocenters. The van der Waals surface area contributed by atoms with Crippen molar-refractivity contribution in [2.75, 3.05) is 11.9 Å². The van der Waals surface area contributed by atoms with Crippen molar-refractivity contribution in [3.63, 3.8) is 0 Å². The number of aryl methyl sites for hydroxylation is 3. The Hall–Kier alpha value is -2.62. The number of nitrogens with one attached hydrogen (secondary N) is 2. The summed E-state index contributed by atoms with van der Waals surface area (Å²) in [6, 6.07) is 14.4. The van der Waals surface area contributed by atoms with Crippen molar-refractivity contribution in [3.8, 4) is 0 Å². The van der Waals surface area contributed by atoms with E-state index in [0.717, 1.165) is 41.8 Å². The number of nitrogens with zero attached hydrogens (tertiary/aromatic N) is 1. The number of benzene rings is 2. The summed E-state index contributed by atoms with van der Waals surface area (Å²) in [5.41, 5.74) is 9.44. The fourth-order valence-corrected chi connectivity index (χ4v) is 3.07. The van der Waals surface area contributed by atoms with E-state index in [0.29, 0.717) is 0 Å². The molecular weight excluding hydrogens is 298 g/mol. The lowest BCUT2D eigenvalue weighted by Gasteiger charge is -2.17. The molecule has 4 heteroatoms. The minimum atomic E-state index is -0.134. The molecule has 1 amide bonds. The zero-order valence-corrected chi connectivity index (χ0v) is 14.2. The number of amides is 1. The van der Waals surface area contributed by atoms with Gasteiger partial charge in [0, 0.05) is 11.3 Å². The van der Waals surface area contributed by atoms with Crippen LogP contribution < -0.4 is 10.7 Å². The summed E-state index contributed by atoms with van der Waals surface area (Å²) in [6.07, 6.45) is 3.06. The summed E-state index contributed by atoms with van der Waals surface area (Å²) in [5, 5.41) is 7.52. The van der Waals surface area contributed by atoms with Gasteiger partial charge >= 0.3 is 0 Å². The Kier molecular flexibility index (Phi) is 4.94. The first-order valence-electron chi connectivity index (χ1n) is 8.38. The van der Waals surface area contributed by atoms with Crippen molar-refractivity contribution in [2.45, 2.75) is 33.1 Å². The van der Waals surface area contributed by atoms with Crippen LogP contribution in [0.15, 0.2) is 47.6 Å². The Labute approximate surface area is 143 Å². The highest BCUT2D eigenvalue weighted by atomic mass is 16.2. The Balaban J connectivity index is 1.60. The van der Waals surface area contributed by atoms with Crippen LogP contribution in [0.4, 0.5) is 5.69 Å². The van der Waals surface area contributed by atoms with Crippen LogP contribution in [0.25, 0.3) is 0 Å². The predicted octanol–water partition coefficient (Wildman–Crippen LogP) is 3.57. The van der Waals surface area contributed by atoms with Gasteiger partial charge in [-0.3, -0.25) is 4.79 Å². The first-order valence-corrected chi connectivity index (χ1v) is 8.38. The zero-order chi connectivity index (χ0) is 16.9. The average molecular weight is 321 g/mol. The summed E-state index contributed by atoms with van der Waals surface area (Å²) in [5.74, 6) is -0.134. The quantitative estimate of drug-likeness (QED) is 0.846. The lowest BCUT2D eigenvalue weighted by atomic mass is 9.90. The molecule has 0 saturated carbocycles.